The van der Waals surface area contributed by atoms with Crippen molar-refractivity contribution in [3.05, 3.63) is 66.6 Å². The summed E-state index contributed by atoms with van der Waals surface area (Å²) in [5.74, 6) is 1.05. The zero-order valence-electron chi connectivity index (χ0n) is 21.6. The van der Waals surface area contributed by atoms with Gasteiger partial charge < -0.3 is 19.4 Å². The Morgan fingerprint density at radius 3 is 2.95 bits per heavy atom. The number of hydrogen-bond acceptors (Lipinski definition) is 8. The van der Waals surface area contributed by atoms with E-state index in [2.05, 4.69) is 32.4 Å². The summed E-state index contributed by atoms with van der Waals surface area (Å²) in [4.78, 5) is 34.3. The van der Waals surface area contributed by atoms with Gasteiger partial charge in [0.15, 0.2) is 0 Å². The van der Waals surface area contributed by atoms with Crippen molar-refractivity contribution in [2.45, 2.75) is 32.7 Å². The second-order valence-electron chi connectivity index (χ2n) is 9.07. The molecule has 0 atom stereocenters. The highest BCUT2D eigenvalue weighted by Gasteiger charge is 2.20. The molecule has 0 saturated heterocycles. The van der Waals surface area contributed by atoms with E-state index in [1.54, 1.807) is 24.5 Å². The van der Waals surface area contributed by atoms with Crippen LogP contribution in [0.1, 0.15) is 35.3 Å². The number of nitrogens with one attached hydrogen (secondary N) is 2. The van der Waals surface area contributed by atoms with Gasteiger partial charge in [-0.25, -0.2) is 4.98 Å². The number of aromatic nitrogens is 5. The number of pyridine rings is 1. The summed E-state index contributed by atoms with van der Waals surface area (Å²) in [7, 11) is 0. The Kier molecular flexibility index (Phi) is 7.76. The lowest BCUT2D eigenvalue weighted by molar-refractivity contribution is -0.116. The number of anilines is 1. The van der Waals surface area contributed by atoms with Crippen LogP contribution in [0, 0.1) is 6.92 Å². The molecule has 4 aromatic rings. The molecule has 0 fully saturated rings. The maximum absolute atomic E-state index is 13.5. The van der Waals surface area contributed by atoms with Gasteiger partial charge in [-0.15, -0.1) is 0 Å². The highest BCUT2D eigenvalue weighted by Crippen LogP contribution is 2.31. The molecule has 3 aromatic heterocycles. The van der Waals surface area contributed by atoms with E-state index < -0.39 is 0 Å². The smallest absolute Gasteiger partial charge is 0.258 e. The van der Waals surface area contributed by atoms with Crippen molar-refractivity contribution in [3.8, 4) is 22.8 Å². The SMILES string of the molecule is C=CC(=O)NCCOc1cccc2nc3n(c12)CCCCCOc1cnncc1-c1cc(cc(C)n1)C(=O)N3. The number of carbonyl (C=O) groups is 2. The van der Waals surface area contributed by atoms with Gasteiger partial charge in [0.1, 0.15) is 23.6 Å². The Labute approximate surface area is 225 Å². The van der Waals surface area contributed by atoms with Crippen molar-refractivity contribution in [1.29, 1.82) is 0 Å². The lowest BCUT2D eigenvalue weighted by Crippen LogP contribution is -2.26. The number of ether oxygens (including phenoxy) is 2. The maximum Gasteiger partial charge on any atom is 0.258 e. The molecule has 4 heterocycles. The van der Waals surface area contributed by atoms with E-state index in [1.807, 2.05) is 29.7 Å². The highest BCUT2D eigenvalue weighted by molar-refractivity contribution is 6.05. The van der Waals surface area contributed by atoms with Crippen LogP contribution < -0.4 is 20.1 Å². The van der Waals surface area contributed by atoms with Crippen LogP contribution in [0.4, 0.5) is 5.95 Å². The van der Waals surface area contributed by atoms with E-state index in [0.29, 0.717) is 65.2 Å². The molecule has 0 unspecified atom stereocenters. The number of hydrogen-bond donors (Lipinski definition) is 2. The third-order valence-electron chi connectivity index (χ3n) is 6.27. The van der Waals surface area contributed by atoms with Gasteiger partial charge in [-0.3, -0.25) is 19.9 Å². The van der Waals surface area contributed by atoms with Crippen molar-refractivity contribution in [3.63, 3.8) is 0 Å². The minimum absolute atomic E-state index is 0.259. The minimum atomic E-state index is -0.313. The monoisotopic (exact) mass is 527 g/mol. The summed E-state index contributed by atoms with van der Waals surface area (Å²) < 4.78 is 14.0. The quantitative estimate of drug-likeness (QED) is 0.297. The molecular weight excluding hydrogens is 498 g/mol. The lowest BCUT2D eigenvalue weighted by atomic mass is 10.1. The molecule has 11 nitrogen and oxygen atoms in total. The van der Waals surface area contributed by atoms with E-state index in [0.717, 1.165) is 24.8 Å². The van der Waals surface area contributed by atoms with Gasteiger partial charge in [-0.1, -0.05) is 12.6 Å². The summed E-state index contributed by atoms with van der Waals surface area (Å²) in [6.45, 7) is 7.01. The summed E-state index contributed by atoms with van der Waals surface area (Å²) in [6.07, 6.45) is 6.94. The second-order valence-corrected chi connectivity index (χ2v) is 9.07. The van der Waals surface area contributed by atoms with E-state index in [4.69, 9.17) is 14.5 Å². The first-order chi connectivity index (χ1) is 19.0. The Morgan fingerprint density at radius 1 is 1.21 bits per heavy atom. The fraction of sp³-hybridized carbons (Fsp3) is 0.286. The number of fused-ring (bicyclic) bond motifs is 7. The lowest BCUT2D eigenvalue weighted by Gasteiger charge is -2.13. The number of benzene rings is 1. The van der Waals surface area contributed by atoms with Crippen LogP contribution in [-0.2, 0) is 11.3 Å². The predicted molar refractivity (Wildman–Crippen MR) is 146 cm³/mol. The summed E-state index contributed by atoms with van der Waals surface area (Å²) >= 11 is 0. The van der Waals surface area contributed by atoms with Gasteiger partial charge >= 0.3 is 0 Å². The van der Waals surface area contributed by atoms with Gasteiger partial charge in [0, 0.05) is 17.8 Å². The molecule has 1 aromatic carbocycles. The average Bonchev–Trinajstić information content (AvgIpc) is 3.29. The average molecular weight is 528 g/mol. The van der Waals surface area contributed by atoms with Crippen LogP contribution in [-0.4, -0.2) is 56.3 Å². The topological polar surface area (TPSA) is 133 Å². The number of aryl methyl sites for hydroxylation is 2. The van der Waals surface area contributed by atoms with Crippen LogP contribution in [0.15, 0.2) is 55.4 Å². The summed E-state index contributed by atoms with van der Waals surface area (Å²) in [5.41, 5.74) is 3.84. The third kappa shape index (κ3) is 5.87. The molecule has 2 amide bonds. The fourth-order valence-electron chi connectivity index (χ4n) is 4.45. The van der Waals surface area contributed by atoms with Gasteiger partial charge in [0.25, 0.3) is 5.91 Å². The Hall–Kier alpha value is -4.80. The minimum Gasteiger partial charge on any atom is -0.491 e. The van der Waals surface area contributed by atoms with Crippen molar-refractivity contribution in [1.82, 2.24) is 30.0 Å². The maximum atomic E-state index is 13.5. The highest BCUT2D eigenvalue weighted by atomic mass is 16.5. The zero-order valence-corrected chi connectivity index (χ0v) is 21.6. The second kappa shape index (κ2) is 11.7. The number of para-hydroxylation sites is 1. The molecule has 11 heteroatoms. The first kappa shape index (κ1) is 25.8. The molecule has 1 aliphatic rings. The van der Waals surface area contributed by atoms with Gasteiger partial charge in [-0.2, -0.15) is 10.2 Å². The molecule has 2 bridgehead atoms. The fourth-order valence-corrected chi connectivity index (χ4v) is 4.45. The van der Waals surface area contributed by atoms with Gasteiger partial charge in [-0.05, 0) is 56.5 Å². The van der Waals surface area contributed by atoms with E-state index in [1.165, 1.54) is 6.08 Å². The Balaban J connectivity index is 1.50. The van der Waals surface area contributed by atoms with Crippen LogP contribution in [0.5, 0.6) is 11.5 Å². The number of nitrogens with zero attached hydrogens (tertiary/aromatic N) is 5. The molecule has 0 spiro atoms. The Morgan fingerprint density at radius 2 is 2.08 bits per heavy atom. The molecule has 1 aliphatic heterocycles. The van der Waals surface area contributed by atoms with Crippen LogP contribution in [0.3, 0.4) is 0 Å². The van der Waals surface area contributed by atoms with Crippen LogP contribution >= 0.6 is 0 Å². The number of imidazole rings is 1. The van der Waals surface area contributed by atoms with Crippen molar-refractivity contribution < 1.29 is 19.1 Å². The first-order valence-corrected chi connectivity index (χ1v) is 12.8. The summed E-state index contributed by atoms with van der Waals surface area (Å²) in [5, 5.41) is 13.7. The summed E-state index contributed by atoms with van der Waals surface area (Å²) in [6, 6.07) is 9.03. The molecule has 0 saturated carbocycles. The molecular formula is C28H29N7O4. The zero-order chi connectivity index (χ0) is 27.2. The molecule has 200 valence electrons. The molecule has 0 aliphatic carbocycles. The van der Waals surface area contributed by atoms with Crippen molar-refractivity contribution >= 4 is 28.8 Å². The number of rotatable bonds is 5. The largest absolute Gasteiger partial charge is 0.491 e. The van der Waals surface area contributed by atoms with E-state index in [-0.39, 0.29) is 18.4 Å². The van der Waals surface area contributed by atoms with Gasteiger partial charge in [0.05, 0.1) is 42.3 Å². The standard InChI is InChI=1S/C28H29N7O4/c1-3-25(36)29-10-13-39-23-9-7-8-21-26(23)35-11-5-4-6-12-38-24-17-31-30-16-20(24)22-15-19(14-18(2)32-22)27(37)34-28(35)33-21/h3,7-9,14-17H,1,4-6,10-13H2,2H3,(H,29,36)(H,33,34,37). The van der Waals surface area contributed by atoms with Gasteiger partial charge in [0.2, 0.25) is 11.9 Å². The Bertz CT molecular complexity index is 1530. The van der Waals surface area contributed by atoms with Crippen LogP contribution in [0.2, 0.25) is 0 Å². The third-order valence-corrected chi connectivity index (χ3v) is 6.27. The van der Waals surface area contributed by atoms with Crippen molar-refractivity contribution in [2.75, 3.05) is 25.1 Å². The number of amides is 2. The van der Waals surface area contributed by atoms with Crippen LogP contribution in [0.25, 0.3) is 22.3 Å². The van der Waals surface area contributed by atoms with E-state index >= 15 is 0 Å². The normalized spacial score (nSPS) is 13.6. The van der Waals surface area contributed by atoms with E-state index in [9.17, 15) is 9.59 Å². The molecule has 2 N–H and O–H groups in total. The molecule has 39 heavy (non-hydrogen) atoms. The molecule has 5 rings (SSSR count). The van der Waals surface area contributed by atoms with Crippen molar-refractivity contribution in [2.24, 2.45) is 0 Å². The number of carbonyl (C=O) groups excluding carboxylic acids is 2. The predicted octanol–water partition coefficient (Wildman–Crippen LogP) is 3.69. The molecule has 0 radical (unpaired) electrons. The first-order valence-electron chi connectivity index (χ1n) is 12.8.